The van der Waals surface area contributed by atoms with Gasteiger partial charge < -0.3 is 10.3 Å². The van der Waals surface area contributed by atoms with Gasteiger partial charge >= 0.3 is 0 Å². The quantitative estimate of drug-likeness (QED) is 0.609. The van der Waals surface area contributed by atoms with Crippen molar-refractivity contribution in [2.75, 3.05) is 6.54 Å². The average molecular weight is 304 g/mol. The van der Waals surface area contributed by atoms with Crippen LogP contribution >= 0.6 is 0 Å². The molecule has 0 bridgehead atoms. The van der Waals surface area contributed by atoms with Gasteiger partial charge in [0.15, 0.2) is 5.65 Å². The lowest BCUT2D eigenvalue weighted by molar-refractivity contribution is 0.0954. The second kappa shape index (κ2) is 5.35. The zero-order valence-electron chi connectivity index (χ0n) is 12.8. The van der Waals surface area contributed by atoms with Crippen molar-refractivity contribution in [1.29, 1.82) is 0 Å². The lowest BCUT2D eigenvalue weighted by atomic mass is 10.1. The zero-order chi connectivity index (χ0) is 15.8. The summed E-state index contributed by atoms with van der Waals surface area (Å²) in [6.45, 7) is 2.71. The van der Waals surface area contributed by atoms with Crippen molar-refractivity contribution in [1.82, 2.24) is 20.3 Å². The number of aromatic nitrogens is 3. The molecule has 0 unspecified atom stereocenters. The molecule has 5 heteroatoms. The highest BCUT2D eigenvalue weighted by molar-refractivity contribution is 6.08. The molecule has 2 aromatic heterocycles. The SMILES string of the molecule is CCCNC(=O)c1ccc2[nH]c3nc4ccccc4nc3c2c1. The highest BCUT2D eigenvalue weighted by Gasteiger charge is 2.12. The first-order valence-electron chi connectivity index (χ1n) is 7.72. The van der Waals surface area contributed by atoms with Crippen molar-refractivity contribution in [3.8, 4) is 0 Å². The molecular weight excluding hydrogens is 288 g/mol. The first kappa shape index (κ1) is 13.7. The van der Waals surface area contributed by atoms with Crippen LogP contribution in [-0.4, -0.2) is 27.4 Å². The number of benzene rings is 2. The van der Waals surface area contributed by atoms with Gasteiger partial charge in [0, 0.05) is 23.0 Å². The molecule has 1 amide bonds. The molecule has 0 aliphatic heterocycles. The number of nitrogens with one attached hydrogen (secondary N) is 2. The summed E-state index contributed by atoms with van der Waals surface area (Å²) in [5.41, 5.74) is 4.81. The van der Waals surface area contributed by atoms with E-state index in [0.29, 0.717) is 12.1 Å². The highest BCUT2D eigenvalue weighted by Crippen LogP contribution is 2.25. The van der Waals surface area contributed by atoms with Crippen LogP contribution in [-0.2, 0) is 0 Å². The van der Waals surface area contributed by atoms with Crippen LogP contribution in [0.2, 0.25) is 0 Å². The Bertz CT molecular complexity index is 1040. The van der Waals surface area contributed by atoms with E-state index in [-0.39, 0.29) is 5.91 Å². The molecule has 0 aliphatic rings. The third kappa shape index (κ3) is 2.30. The topological polar surface area (TPSA) is 70.7 Å². The Morgan fingerprint density at radius 1 is 1.13 bits per heavy atom. The third-order valence-electron chi connectivity index (χ3n) is 3.90. The molecule has 2 aromatic carbocycles. The lowest BCUT2D eigenvalue weighted by Crippen LogP contribution is -2.23. The van der Waals surface area contributed by atoms with E-state index in [9.17, 15) is 4.79 Å². The van der Waals surface area contributed by atoms with Crippen molar-refractivity contribution in [3.63, 3.8) is 0 Å². The van der Waals surface area contributed by atoms with E-state index in [1.54, 1.807) is 0 Å². The number of para-hydroxylation sites is 2. The summed E-state index contributed by atoms with van der Waals surface area (Å²) in [6, 6.07) is 13.4. The molecule has 4 aromatic rings. The Morgan fingerprint density at radius 2 is 1.91 bits per heavy atom. The van der Waals surface area contributed by atoms with Crippen LogP contribution < -0.4 is 5.32 Å². The van der Waals surface area contributed by atoms with Gasteiger partial charge in [0.1, 0.15) is 5.52 Å². The molecule has 5 nitrogen and oxygen atoms in total. The average Bonchev–Trinajstić information content (AvgIpc) is 2.94. The Balaban J connectivity index is 1.90. The van der Waals surface area contributed by atoms with Gasteiger partial charge in [0.25, 0.3) is 5.91 Å². The van der Waals surface area contributed by atoms with Gasteiger partial charge in [-0.3, -0.25) is 4.79 Å². The number of hydrogen-bond acceptors (Lipinski definition) is 3. The molecular formula is C18H16N4O. The fraction of sp³-hybridized carbons (Fsp3) is 0.167. The first-order valence-corrected chi connectivity index (χ1v) is 7.72. The third-order valence-corrected chi connectivity index (χ3v) is 3.90. The monoisotopic (exact) mass is 304 g/mol. The number of amides is 1. The van der Waals surface area contributed by atoms with E-state index in [1.807, 2.05) is 49.4 Å². The van der Waals surface area contributed by atoms with Crippen molar-refractivity contribution >= 4 is 39.0 Å². The number of carbonyl (C=O) groups is 1. The maximum Gasteiger partial charge on any atom is 0.251 e. The molecule has 114 valence electrons. The minimum Gasteiger partial charge on any atom is -0.352 e. The lowest BCUT2D eigenvalue weighted by Gasteiger charge is -2.03. The van der Waals surface area contributed by atoms with Gasteiger partial charge in [0.2, 0.25) is 0 Å². The normalized spacial score (nSPS) is 11.3. The number of hydrogen-bond donors (Lipinski definition) is 2. The van der Waals surface area contributed by atoms with Crippen LogP contribution in [0.15, 0.2) is 42.5 Å². The fourth-order valence-electron chi connectivity index (χ4n) is 2.73. The molecule has 2 N–H and O–H groups in total. The molecule has 23 heavy (non-hydrogen) atoms. The summed E-state index contributed by atoms with van der Waals surface area (Å²) in [4.78, 5) is 24.8. The van der Waals surface area contributed by atoms with Crippen LogP contribution in [0, 0.1) is 0 Å². The van der Waals surface area contributed by atoms with Crippen LogP contribution in [0.1, 0.15) is 23.7 Å². The van der Waals surface area contributed by atoms with E-state index < -0.39 is 0 Å². The van der Waals surface area contributed by atoms with Crippen LogP contribution in [0.25, 0.3) is 33.1 Å². The molecule has 0 fully saturated rings. The number of fused-ring (bicyclic) bond motifs is 4. The van der Waals surface area contributed by atoms with E-state index in [1.165, 1.54) is 0 Å². The Kier molecular flexibility index (Phi) is 3.19. The zero-order valence-corrected chi connectivity index (χ0v) is 12.8. The molecule has 2 heterocycles. The van der Waals surface area contributed by atoms with Crippen LogP contribution in [0.4, 0.5) is 0 Å². The predicted molar refractivity (Wildman–Crippen MR) is 91.5 cm³/mol. The Morgan fingerprint density at radius 3 is 2.70 bits per heavy atom. The second-order valence-corrected chi connectivity index (χ2v) is 5.55. The minimum atomic E-state index is -0.0585. The molecule has 0 atom stereocenters. The number of rotatable bonds is 3. The molecule has 0 radical (unpaired) electrons. The number of H-pyrrole nitrogens is 1. The first-order chi connectivity index (χ1) is 11.3. The van der Waals surface area contributed by atoms with Gasteiger partial charge in [-0.15, -0.1) is 0 Å². The number of nitrogens with zero attached hydrogens (tertiary/aromatic N) is 2. The molecule has 4 rings (SSSR count). The summed E-state index contributed by atoms with van der Waals surface area (Å²) in [5, 5.41) is 3.82. The molecule has 0 saturated heterocycles. The summed E-state index contributed by atoms with van der Waals surface area (Å²) < 4.78 is 0. The van der Waals surface area contributed by atoms with Gasteiger partial charge in [-0.2, -0.15) is 0 Å². The Hall–Kier alpha value is -2.95. The van der Waals surface area contributed by atoms with Gasteiger partial charge in [-0.25, -0.2) is 9.97 Å². The minimum absolute atomic E-state index is 0.0585. The van der Waals surface area contributed by atoms with Gasteiger partial charge in [0.05, 0.1) is 11.0 Å². The van der Waals surface area contributed by atoms with E-state index in [0.717, 1.165) is 39.5 Å². The van der Waals surface area contributed by atoms with Crippen LogP contribution in [0.3, 0.4) is 0 Å². The Labute approximate surface area is 132 Å². The summed E-state index contributed by atoms with van der Waals surface area (Å²) in [7, 11) is 0. The van der Waals surface area contributed by atoms with Crippen LogP contribution in [0.5, 0.6) is 0 Å². The largest absolute Gasteiger partial charge is 0.352 e. The molecule has 0 aliphatic carbocycles. The smallest absolute Gasteiger partial charge is 0.251 e. The van der Waals surface area contributed by atoms with Gasteiger partial charge in [-0.1, -0.05) is 19.1 Å². The van der Waals surface area contributed by atoms with E-state index in [4.69, 9.17) is 4.98 Å². The summed E-state index contributed by atoms with van der Waals surface area (Å²) in [6.07, 6.45) is 0.915. The maximum atomic E-state index is 12.2. The van der Waals surface area contributed by atoms with Crippen molar-refractivity contribution in [3.05, 3.63) is 48.0 Å². The van der Waals surface area contributed by atoms with Crippen molar-refractivity contribution in [2.24, 2.45) is 0 Å². The summed E-state index contributed by atoms with van der Waals surface area (Å²) in [5.74, 6) is -0.0585. The van der Waals surface area contributed by atoms with Crippen molar-refractivity contribution in [2.45, 2.75) is 13.3 Å². The predicted octanol–water partition coefficient (Wildman–Crippen LogP) is 3.40. The second-order valence-electron chi connectivity index (χ2n) is 5.55. The summed E-state index contributed by atoms with van der Waals surface area (Å²) >= 11 is 0. The van der Waals surface area contributed by atoms with E-state index >= 15 is 0 Å². The number of carbonyl (C=O) groups excluding carboxylic acids is 1. The number of aromatic amines is 1. The molecule has 0 spiro atoms. The maximum absolute atomic E-state index is 12.2. The van der Waals surface area contributed by atoms with Crippen molar-refractivity contribution < 1.29 is 4.79 Å². The van der Waals surface area contributed by atoms with Gasteiger partial charge in [-0.05, 0) is 36.8 Å². The molecule has 0 saturated carbocycles. The fourth-order valence-corrected chi connectivity index (χ4v) is 2.73. The standard InChI is InChI=1S/C18H16N4O/c1-2-9-19-18(23)11-7-8-13-12(10-11)16-17(21-13)22-15-6-4-3-5-14(15)20-16/h3-8,10H,2,9H2,1H3,(H,19,23)(H,21,22). The highest BCUT2D eigenvalue weighted by atomic mass is 16.1. The van der Waals surface area contributed by atoms with E-state index in [2.05, 4.69) is 15.3 Å².